The van der Waals surface area contributed by atoms with Crippen LogP contribution < -0.4 is 5.56 Å². The van der Waals surface area contributed by atoms with E-state index in [0.717, 1.165) is 29.7 Å². The average molecular weight is 366 g/mol. The Bertz CT molecular complexity index is 1040. The highest BCUT2D eigenvalue weighted by Gasteiger charge is 2.32. The normalized spacial score (nSPS) is 17.1. The van der Waals surface area contributed by atoms with Gasteiger partial charge in [-0.05, 0) is 18.9 Å². The van der Waals surface area contributed by atoms with E-state index in [9.17, 15) is 9.59 Å². The van der Waals surface area contributed by atoms with E-state index < -0.39 is 0 Å². The SMILES string of the molecule is CC(C)c1cc(C2CCCN2C(=O)Cn2ncc3ccccc3c2=O)no1. The minimum atomic E-state index is -0.249. The first-order valence-corrected chi connectivity index (χ1v) is 9.25. The molecule has 7 heteroatoms. The van der Waals surface area contributed by atoms with E-state index in [0.29, 0.717) is 11.9 Å². The van der Waals surface area contributed by atoms with E-state index in [4.69, 9.17) is 4.52 Å². The molecule has 0 spiro atoms. The molecule has 1 saturated heterocycles. The summed E-state index contributed by atoms with van der Waals surface area (Å²) in [5, 5.41) is 9.67. The molecule has 1 aliphatic heterocycles. The Hall–Kier alpha value is -2.96. The fourth-order valence-corrected chi connectivity index (χ4v) is 3.56. The van der Waals surface area contributed by atoms with Crippen molar-refractivity contribution >= 4 is 16.7 Å². The standard InChI is InChI=1S/C20H22N4O3/c1-13(2)18-10-16(22-27-18)17-8-5-9-23(17)19(25)12-24-20(26)15-7-4-3-6-14(15)11-21-24/h3-4,6-7,10-11,13,17H,5,8-9,12H2,1-2H3. The van der Waals surface area contributed by atoms with Crippen LogP contribution in [0.5, 0.6) is 0 Å². The quantitative estimate of drug-likeness (QED) is 0.709. The summed E-state index contributed by atoms with van der Waals surface area (Å²) >= 11 is 0. The van der Waals surface area contributed by atoms with Gasteiger partial charge in [-0.25, -0.2) is 4.68 Å². The topological polar surface area (TPSA) is 81.2 Å². The number of hydrogen-bond acceptors (Lipinski definition) is 5. The molecule has 2 aromatic heterocycles. The highest BCUT2D eigenvalue weighted by atomic mass is 16.5. The van der Waals surface area contributed by atoms with Crippen LogP contribution in [-0.4, -0.2) is 32.3 Å². The molecule has 3 heterocycles. The Kier molecular flexibility index (Phi) is 4.51. The molecule has 140 valence electrons. The molecule has 0 bridgehead atoms. The summed E-state index contributed by atoms with van der Waals surface area (Å²) < 4.78 is 6.64. The van der Waals surface area contributed by atoms with Gasteiger partial charge in [0.25, 0.3) is 5.56 Å². The molecular formula is C20H22N4O3. The minimum absolute atomic E-state index is 0.0743. The van der Waals surface area contributed by atoms with E-state index in [2.05, 4.69) is 10.3 Å². The summed E-state index contributed by atoms with van der Waals surface area (Å²) in [4.78, 5) is 27.3. The highest BCUT2D eigenvalue weighted by Crippen LogP contribution is 2.32. The number of aromatic nitrogens is 3. The fraction of sp³-hybridized carbons (Fsp3) is 0.400. The molecule has 27 heavy (non-hydrogen) atoms. The van der Waals surface area contributed by atoms with Crippen molar-refractivity contribution in [3.63, 3.8) is 0 Å². The minimum Gasteiger partial charge on any atom is -0.361 e. The Morgan fingerprint density at radius 2 is 2.15 bits per heavy atom. The maximum atomic E-state index is 12.9. The van der Waals surface area contributed by atoms with E-state index in [-0.39, 0.29) is 30.0 Å². The number of nitrogens with zero attached hydrogens (tertiary/aromatic N) is 4. The van der Waals surface area contributed by atoms with Crippen molar-refractivity contribution in [1.82, 2.24) is 19.8 Å². The van der Waals surface area contributed by atoms with Crippen LogP contribution in [0.4, 0.5) is 0 Å². The van der Waals surface area contributed by atoms with Gasteiger partial charge in [0.05, 0.1) is 17.6 Å². The van der Waals surface area contributed by atoms with Crippen molar-refractivity contribution in [2.45, 2.75) is 45.2 Å². The highest BCUT2D eigenvalue weighted by molar-refractivity contribution is 5.81. The van der Waals surface area contributed by atoms with Gasteiger partial charge in [0, 0.05) is 23.9 Å². The second-order valence-electron chi connectivity index (χ2n) is 7.25. The van der Waals surface area contributed by atoms with Crippen molar-refractivity contribution in [3.8, 4) is 0 Å². The molecule has 1 aliphatic rings. The zero-order valence-corrected chi connectivity index (χ0v) is 15.5. The zero-order valence-electron chi connectivity index (χ0n) is 15.5. The van der Waals surface area contributed by atoms with Crippen molar-refractivity contribution in [1.29, 1.82) is 0 Å². The van der Waals surface area contributed by atoms with Gasteiger partial charge in [-0.1, -0.05) is 37.2 Å². The van der Waals surface area contributed by atoms with Crippen LogP contribution in [0.15, 0.2) is 45.8 Å². The van der Waals surface area contributed by atoms with E-state index in [1.807, 2.05) is 38.1 Å². The lowest BCUT2D eigenvalue weighted by molar-refractivity contribution is -0.133. The van der Waals surface area contributed by atoms with Crippen LogP contribution in [0, 0.1) is 0 Å². The second-order valence-corrected chi connectivity index (χ2v) is 7.25. The molecule has 1 unspecified atom stereocenters. The number of benzene rings is 1. The third kappa shape index (κ3) is 3.25. The first-order chi connectivity index (χ1) is 13.0. The molecule has 7 nitrogen and oxygen atoms in total. The van der Waals surface area contributed by atoms with Crippen molar-refractivity contribution in [2.75, 3.05) is 6.54 Å². The van der Waals surface area contributed by atoms with Crippen LogP contribution in [0.25, 0.3) is 10.8 Å². The fourth-order valence-electron chi connectivity index (χ4n) is 3.56. The van der Waals surface area contributed by atoms with Crippen LogP contribution in [-0.2, 0) is 11.3 Å². The molecule has 4 rings (SSSR count). The summed E-state index contributed by atoms with van der Waals surface area (Å²) in [7, 11) is 0. The predicted octanol–water partition coefficient (Wildman–Crippen LogP) is 2.87. The largest absolute Gasteiger partial charge is 0.361 e. The van der Waals surface area contributed by atoms with Crippen molar-refractivity contribution in [2.24, 2.45) is 0 Å². The van der Waals surface area contributed by atoms with E-state index >= 15 is 0 Å². The van der Waals surface area contributed by atoms with Crippen LogP contribution in [0.3, 0.4) is 0 Å². The summed E-state index contributed by atoms with van der Waals surface area (Å²) in [5.41, 5.74) is 0.532. The zero-order chi connectivity index (χ0) is 19.0. The Balaban J connectivity index is 1.57. The molecule has 1 fully saturated rings. The number of carbonyl (C=O) groups excluding carboxylic acids is 1. The number of rotatable bonds is 4. The number of fused-ring (bicyclic) bond motifs is 1. The molecule has 0 N–H and O–H groups in total. The van der Waals surface area contributed by atoms with E-state index in [1.165, 1.54) is 4.68 Å². The second kappa shape index (κ2) is 6.98. The number of likely N-dealkylation sites (tertiary alicyclic amines) is 1. The van der Waals surface area contributed by atoms with Crippen LogP contribution in [0.2, 0.25) is 0 Å². The average Bonchev–Trinajstić information content (AvgIpc) is 3.33. The Labute approximate surface area is 156 Å². The van der Waals surface area contributed by atoms with Crippen LogP contribution in [0.1, 0.15) is 50.1 Å². The van der Waals surface area contributed by atoms with Gasteiger partial charge >= 0.3 is 0 Å². The van der Waals surface area contributed by atoms with Gasteiger partial charge in [-0.3, -0.25) is 9.59 Å². The molecule has 0 aliphatic carbocycles. The van der Waals surface area contributed by atoms with Gasteiger partial charge in [0.2, 0.25) is 5.91 Å². The molecule has 0 radical (unpaired) electrons. The summed E-state index contributed by atoms with van der Waals surface area (Å²) in [6, 6.07) is 9.08. The molecule has 3 aromatic rings. The lowest BCUT2D eigenvalue weighted by atomic mass is 10.1. The molecule has 1 amide bonds. The molecule has 0 saturated carbocycles. The molecule has 1 atom stereocenters. The number of amides is 1. The van der Waals surface area contributed by atoms with Gasteiger partial charge < -0.3 is 9.42 Å². The maximum Gasteiger partial charge on any atom is 0.275 e. The van der Waals surface area contributed by atoms with E-state index in [1.54, 1.807) is 17.2 Å². The Morgan fingerprint density at radius 3 is 2.93 bits per heavy atom. The molecular weight excluding hydrogens is 344 g/mol. The number of hydrogen-bond donors (Lipinski definition) is 0. The van der Waals surface area contributed by atoms with Crippen LogP contribution >= 0.6 is 0 Å². The van der Waals surface area contributed by atoms with Gasteiger partial charge in [-0.15, -0.1) is 0 Å². The van der Waals surface area contributed by atoms with Gasteiger partial charge in [-0.2, -0.15) is 5.10 Å². The smallest absolute Gasteiger partial charge is 0.275 e. The first kappa shape index (κ1) is 17.5. The van der Waals surface area contributed by atoms with Crippen molar-refractivity contribution in [3.05, 3.63) is 58.3 Å². The summed E-state index contributed by atoms with van der Waals surface area (Å²) in [6.45, 7) is 4.66. The maximum absolute atomic E-state index is 12.9. The lowest BCUT2D eigenvalue weighted by Crippen LogP contribution is -2.37. The summed E-state index contributed by atoms with van der Waals surface area (Å²) in [6.07, 6.45) is 3.37. The third-order valence-electron chi connectivity index (χ3n) is 5.08. The monoisotopic (exact) mass is 366 g/mol. The third-order valence-corrected chi connectivity index (χ3v) is 5.08. The summed E-state index contributed by atoms with van der Waals surface area (Å²) in [5.74, 6) is 0.936. The van der Waals surface area contributed by atoms with Gasteiger partial charge in [0.1, 0.15) is 18.0 Å². The predicted molar refractivity (Wildman–Crippen MR) is 100 cm³/mol. The lowest BCUT2D eigenvalue weighted by Gasteiger charge is -2.23. The van der Waals surface area contributed by atoms with Crippen molar-refractivity contribution < 1.29 is 9.32 Å². The first-order valence-electron chi connectivity index (χ1n) is 9.25. The van der Waals surface area contributed by atoms with Gasteiger partial charge in [0.15, 0.2) is 0 Å². The number of carbonyl (C=O) groups is 1. The Morgan fingerprint density at radius 1 is 1.33 bits per heavy atom. The molecule has 1 aromatic carbocycles.